The first-order chi connectivity index (χ1) is 12.3. The second kappa shape index (κ2) is 12.7. The highest BCUT2D eigenvalue weighted by Crippen LogP contribution is 2.41. The Labute approximate surface area is 157 Å². The number of unbranched alkanes of at least 4 members (excludes halogenated alkanes) is 1. The summed E-state index contributed by atoms with van der Waals surface area (Å²) < 4.78 is 6.05. The van der Waals surface area contributed by atoms with Crippen LogP contribution >= 0.6 is 0 Å². The second-order valence-electron chi connectivity index (χ2n) is 8.37. The van der Waals surface area contributed by atoms with Crippen molar-refractivity contribution in [2.45, 2.75) is 103 Å². The van der Waals surface area contributed by atoms with Crippen molar-refractivity contribution in [3.63, 3.8) is 0 Å². The monoisotopic (exact) mass is 346 g/mol. The number of allylic oxidation sites excluding steroid dienone is 3. The summed E-state index contributed by atoms with van der Waals surface area (Å²) >= 11 is 0. The molecule has 0 atom stereocenters. The van der Waals surface area contributed by atoms with Crippen molar-refractivity contribution in [3.05, 3.63) is 24.3 Å². The summed E-state index contributed by atoms with van der Waals surface area (Å²) in [6.45, 7) is 5.28. The third kappa shape index (κ3) is 8.11. The zero-order valence-electron chi connectivity index (χ0n) is 16.9. The third-order valence-corrected chi connectivity index (χ3v) is 6.47. The van der Waals surface area contributed by atoms with Crippen LogP contribution in [0.3, 0.4) is 0 Å². The Balaban J connectivity index is 1.56. The molecule has 0 radical (unpaired) electrons. The fourth-order valence-corrected chi connectivity index (χ4v) is 4.84. The van der Waals surface area contributed by atoms with Gasteiger partial charge in [-0.2, -0.15) is 0 Å². The second-order valence-corrected chi connectivity index (χ2v) is 8.37. The van der Waals surface area contributed by atoms with Crippen LogP contribution in [-0.4, -0.2) is 12.7 Å². The summed E-state index contributed by atoms with van der Waals surface area (Å²) in [5, 5.41) is 0. The van der Waals surface area contributed by atoms with Gasteiger partial charge in [0.1, 0.15) is 0 Å². The molecule has 0 bridgehead atoms. The minimum atomic E-state index is 0.532. The molecule has 0 aromatic carbocycles. The molecule has 0 N–H and O–H groups in total. The molecule has 2 fully saturated rings. The molecule has 25 heavy (non-hydrogen) atoms. The predicted octanol–water partition coefficient (Wildman–Crippen LogP) is 7.47. The van der Waals surface area contributed by atoms with Gasteiger partial charge in [0.15, 0.2) is 0 Å². The molecule has 2 rings (SSSR count). The molecule has 0 heterocycles. The lowest BCUT2D eigenvalue weighted by molar-refractivity contribution is 0.0210. The molecule has 0 spiro atoms. The van der Waals surface area contributed by atoms with Gasteiger partial charge in [-0.05, 0) is 82.0 Å². The number of rotatable bonds is 10. The molecule has 0 aliphatic heterocycles. The third-order valence-electron chi connectivity index (χ3n) is 6.47. The van der Waals surface area contributed by atoms with Crippen LogP contribution in [0.5, 0.6) is 0 Å². The summed E-state index contributed by atoms with van der Waals surface area (Å²) in [5.74, 6) is 3.02. The average Bonchev–Trinajstić information content (AvgIpc) is 2.66. The smallest absolute Gasteiger partial charge is 0.0651 e. The summed E-state index contributed by atoms with van der Waals surface area (Å²) in [6, 6.07) is 0. The maximum Gasteiger partial charge on any atom is 0.0651 e. The molecule has 2 aliphatic rings. The maximum absolute atomic E-state index is 6.05. The molecule has 0 aromatic heterocycles. The van der Waals surface area contributed by atoms with Crippen LogP contribution in [0.1, 0.15) is 97.3 Å². The van der Waals surface area contributed by atoms with Gasteiger partial charge in [0, 0.05) is 0 Å². The molecular formula is C24H42O. The highest BCUT2D eigenvalue weighted by molar-refractivity contribution is 4.86. The van der Waals surface area contributed by atoms with E-state index in [9.17, 15) is 0 Å². The zero-order valence-corrected chi connectivity index (χ0v) is 16.9. The minimum Gasteiger partial charge on any atom is -0.374 e. The van der Waals surface area contributed by atoms with Crippen molar-refractivity contribution in [1.82, 2.24) is 0 Å². The minimum absolute atomic E-state index is 0.532. The fourth-order valence-electron chi connectivity index (χ4n) is 4.84. The van der Waals surface area contributed by atoms with Crippen LogP contribution in [-0.2, 0) is 4.74 Å². The van der Waals surface area contributed by atoms with Crippen LogP contribution in [0.15, 0.2) is 24.3 Å². The topological polar surface area (TPSA) is 9.23 Å². The first-order valence-electron chi connectivity index (χ1n) is 11.2. The Bertz CT molecular complexity index is 368. The van der Waals surface area contributed by atoms with Gasteiger partial charge in [-0.15, -0.1) is 0 Å². The van der Waals surface area contributed by atoms with Crippen molar-refractivity contribution in [2.75, 3.05) is 6.61 Å². The Morgan fingerprint density at radius 1 is 0.720 bits per heavy atom. The lowest BCUT2D eigenvalue weighted by Crippen LogP contribution is -2.28. The Morgan fingerprint density at radius 2 is 1.36 bits per heavy atom. The highest BCUT2D eigenvalue weighted by atomic mass is 16.5. The molecule has 2 saturated carbocycles. The van der Waals surface area contributed by atoms with Crippen LogP contribution in [0.4, 0.5) is 0 Å². The zero-order chi connectivity index (χ0) is 17.7. The van der Waals surface area contributed by atoms with E-state index in [4.69, 9.17) is 4.74 Å². The van der Waals surface area contributed by atoms with Crippen molar-refractivity contribution in [2.24, 2.45) is 17.8 Å². The van der Waals surface area contributed by atoms with E-state index in [-0.39, 0.29) is 0 Å². The van der Waals surface area contributed by atoms with Gasteiger partial charge in [-0.3, -0.25) is 0 Å². The summed E-state index contributed by atoms with van der Waals surface area (Å²) in [6.07, 6.45) is 27.5. The van der Waals surface area contributed by atoms with Crippen LogP contribution in [0.25, 0.3) is 0 Å². The fraction of sp³-hybridized carbons (Fsp3) is 0.833. The molecule has 2 aliphatic carbocycles. The molecule has 0 amide bonds. The van der Waals surface area contributed by atoms with E-state index in [1.807, 2.05) is 0 Å². The van der Waals surface area contributed by atoms with Gasteiger partial charge >= 0.3 is 0 Å². The van der Waals surface area contributed by atoms with E-state index in [1.54, 1.807) is 0 Å². The van der Waals surface area contributed by atoms with Crippen LogP contribution in [0.2, 0.25) is 0 Å². The van der Waals surface area contributed by atoms with Crippen LogP contribution < -0.4 is 0 Å². The molecule has 1 heteroatoms. The molecule has 0 aromatic rings. The van der Waals surface area contributed by atoms with Gasteiger partial charge in [-0.25, -0.2) is 0 Å². The number of hydrogen-bond acceptors (Lipinski definition) is 1. The predicted molar refractivity (Wildman–Crippen MR) is 110 cm³/mol. The summed E-state index contributed by atoms with van der Waals surface area (Å²) in [7, 11) is 0. The van der Waals surface area contributed by atoms with Gasteiger partial charge in [0.05, 0.1) is 12.7 Å². The SMILES string of the molecule is CCC=CCCC1CCC(C2CCC(OCC=CCCC)CC2)CC1. The average molecular weight is 347 g/mol. The molecular weight excluding hydrogens is 304 g/mol. The van der Waals surface area contributed by atoms with Crippen LogP contribution in [0, 0.1) is 17.8 Å². The first kappa shape index (κ1) is 20.7. The Hall–Kier alpha value is -0.560. The van der Waals surface area contributed by atoms with E-state index in [0.717, 1.165) is 24.4 Å². The molecule has 0 unspecified atom stereocenters. The molecule has 1 nitrogen and oxygen atoms in total. The number of ether oxygens (including phenoxy) is 1. The van der Waals surface area contributed by atoms with E-state index >= 15 is 0 Å². The first-order valence-corrected chi connectivity index (χ1v) is 11.2. The summed E-state index contributed by atoms with van der Waals surface area (Å²) in [5.41, 5.74) is 0. The van der Waals surface area contributed by atoms with E-state index < -0.39 is 0 Å². The van der Waals surface area contributed by atoms with Gasteiger partial charge < -0.3 is 4.74 Å². The molecule has 144 valence electrons. The molecule has 0 saturated heterocycles. The van der Waals surface area contributed by atoms with Crippen molar-refractivity contribution < 1.29 is 4.74 Å². The normalized spacial score (nSPS) is 31.1. The lowest BCUT2D eigenvalue weighted by Gasteiger charge is -2.37. The standard InChI is InChI=1S/C24H42O/c1-3-5-7-9-11-21-12-14-22(15-13-21)23-16-18-24(19-17-23)25-20-10-8-6-4-2/h5,7-8,10,21-24H,3-4,6,9,11-20H2,1-2H3. The van der Waals surface area contributed by atoms with E-state index in [0.29, 0.717) is 6.10 Å². The van der Waals surface area contributed by atoms with Gasteiger partial charge in [0.2, 0.25) is 0 Å². The van der Waals surface area contributed by atoms with Crippen molar-refractivity contribution in [1.29, 1.82) is 0 Å². The van der Waals surface area contributed by atoms with Gasteiger partial charge in [-0.1, -0.05) is 57.4 Å². The summed E-state index contributed by atoms with van der Waals surface area (Å²) in [4.78, 5) is 0. The Morgan fingerprint density at radius 3 is 2.00 bits per heavy atom. The van der Waals surface area contributed by atoms with E-state index in [1.165, 1.54) is 83.5 Å². The van der Waals surface area contributed by atoms with Crippen molar-refractivity contribution >= 4 is 0 Å². The van der Waals surface area contributed by atoms with Gasteiger partial charge in [0.25, 0.3) is 0 Å². The lowest BCUT2D eigenvalue weighted by atomic mass is 9.70. The van der Waals surface area contributed by atoms with E-state index in [2.05, 4.69) is 38.2 Å². The maximum atomic E-state index is 6.05. The number of hydrogen-bond donors (Lipinski definition) is 0. The quantitative estimate of drug-likeness (QED) is 0.373. The Kier molecular flexibility index (Phi) is 10.6. The van der Waals surface area contributed by atoms with Crippen molar-refractivity contribution in [3.8, 4) is 0 Å². The largest absolute Gasteiger partial charge is 0.374 e. The highest BCUT2D eigenvalue weighted by Gasteiger charge is 2.30.